The third-order valence-electron chi connectivity index (χ3n) is 2.01. The molecule has 0 unspecified atom stereocenters. The van der Waals surface area contributed by atoms with E-state index in [0.717, 1.165) is 12.1 Å². The van der Waals surface area contributed by atoms with Crippen LogP contribution in [-0.4, -0.2) is 32.6 Å². The van der Waals surface area contributed by atoms with Crippen molar-refractivity contribution in [3.63, 3.8) is 0 Å². The van der Waals surface area contributed by atoms with E-state index in [2.05, 4.69) is 10.3 Å². The third-order valence-corrected chi connectivity index (χ3v) is 2.01. The van der Waals surface area contributed by atoms with E-state index in [1.54, 1.807) is 0 Å². The first-order chi connectivity index (χ1) is 7.19. The smallest absolute Gasteiger partial charge is 0.325 e. The first-order valence-corrected chi connectivity index (χ1v) is 4.72. The predicted molar refractivity (Wildman–Crippen MR) is 52.9 cm³/mol. The molecule has 0 fully saturated rings. The fourth-order valence-corrected chi connectivity index (χ4v) is 1.33. The van der Waals surface area contributed by atoms with Gasteiger partial charge in [0.05, 0.1) is 11.4 Å². The minimum Gasteiger partial charge on any atom is -0.480 e. The summed E-state index contributed by atoms with van der Waals surface area (Å²) in [5, 5.41) is 16.2. The van der Waals surface area contributed by atoms with E-state index < -0.39 is 5.97 Å². The van der Waals surface area contributed by atoms with E-state index >= 15 is 0 Å². The van der Waals surface area contributed by atoms with Crippen LogP contribution in [-0.2, 0) is 24.3 Å². The third kappa shape index (κ3) is 3.00. The highest BCUT2D eigenvalue weighted by Crippen LogP contribution is 2.07. The molecule has 7 nitrogen and oxygen atoms in total. The summed E-state index contributed by atoms with van der Waals surface area (Å²) in [6.07, 6.45) is 1.42. The molecule has 0 atom stereocenters. The van der Waals surface area contributed by atoms with Gasteiger partial charge >= 0.3 is 5.97 Å². The van der Waals surface area contributed by atoms with Crippen LogP contribution in [0.1, 0.15) is 17.8 Å². The quantitative estimate of drug-likeness (QED) is 0.541. The summed E-state index contributed by atoms with van der Waals surface area (Å²) in [4.78, 5) is 10.5. The summed E-state index contributed by atoms with van der Waals surface area (Å²) in [5.41, 5.74) is 12.3. The molecule has 0 aliphatic heterocycles. The summed E-state index contributed by atoms with van der Waals surface area (Å²) in [7, 11) is 0. The van der Waals surface area contributed by atoms with E-state index in [1.165, 1.54) is 4.68 Å². The van der Waals surface area contributed by atoms with Crippen LogP contribution in [0.5, 0.6) is 0 Å². The van der Waals surface area contributed by atoms with Gasteiger partial charge in [0.1, 0.15) is 6.54 Å². The van der Waals surface area contributed by atoms with Gasteiger partial charge < -0.3 is 16.6 Å². The summed E-state index contributed by atoms with van der Waals surface area (Å²) in [6, 6.07) is 0. The molecule has 1 aromatic heterocycles. The fourth-order valence-electron chi connectivity index (χ4n) is 1.33. The van der Waals surface area contributed by atoms with Gasteiger partial charge in [-0.1, -0.05) is 5.21 Å². The van der Waals surface area contributed by atoms with Crippen molar-refractivity contribution < 1.29 is 9.90 Å². The van der Waals surface area contributed by atoms with Gasteiger partial charge in [-0.15, -0.1) is 5.10 Å². The maximum Gasteiger partial charge on any atom is 0.325 e. The van der Waals surface area contributed by atoms with E-state index in [4.69, 9.17) is 16.6 Å². The Labute approximate surface area is 87.1 Å². The van der Waals surface area contributed by atoms with E-state index in [1.807, 2.05) is 0 Å². The van der Waals surface area contributed by atoms with Crippen LogP contribution in [0.25, 0.3) is 0 Å². The number of aromatic nitrogens is 3. The summed E-state index contributed by atoms with van der Waals surface area (Å²) < 4.78 is 1.36. The first-order valence-electron chi connectivity index (χ1n) is 4.72. The van der Waals surface area contributed by atoms with Crippen molar-refractivity contribution in [2.75, 3.05) is 6.54 Å². The highest BCUT2D eigenvalue weighted by Gasteiger charge is 2.12. The largest absolute Gasteiger partial charge is 0.480 e. The van der Waals surface area contributed by atoms with Gasteiger partial charge in [-0.3, -0.25) is 4.79 Å². The van der Waals surface area contributed by atoms with Gasteiger partial charge in [-0.05, 0) is 19.4 Å². The monoisotopic (exact) mass is 213 g/mol. The number of hydrogen-bond acceptors (Lipinski definition) is 5. The van der Waals surface area contributed by atoms with Gasteiger partial charge in [0.25, 0.3) is 0 Å². The lowest BCUT2D eigenvalue weighted by Gasteiger charge is -2.04. The molecule has 0 aliphatic rings. The summed E-state index contributed by atoms with van der Waals surface area (Å²) in [6.45, 7) is 0.620. The van der Waals surface area contributed by atoms with Crippen molar-refractivity contribution in [3.8, 4) is 0 Å². The van der Waals surface area contributed by atoms with Crippen molar-refractivity contribution in [2.45, 2.75) is 25.9 Å². The molecule has 0 aliphatic carbocycles. The molecular formula is C8H15N5O2. The van der Waals surface area contributed by atoms with Crippen LogP contribution in [0.15, 0.2) is 0 Å². The lowest BCUT2D eigenvalue weighted by atomic mass is 10.2. The number of hydrogen-bond donors (Lipinski definition) is 3. The van der Waals surface area contributed by atoms with Gasteiger partial charge in [0.2, 0.25) is 0 Å². The van der Waals surface area contributed by atoms with Crippen molar-refractivity contribution in [1.29, 1.82) is 0 Å². The minimum absolute atomic E-state index is 0.188. The molecule has 0 bridgehead atoms. The topological polar surface area (TPSA) is 120 Å². The molecule has 15 heavy (non-hydrogen) atoms. The van der Waals surface area contributed by atoms with Gasteiger partial charge in [-0.2, -0.15) is 0 Å². The zero-order valence-corrected chi connectivity index (χ0v) is 8.39. The molecule has 1 heterocycles. The Morgan fingerprint density at radius 2 is 2.20 bits per heavy atom. The van der Waals surface area contributed by atoms with E-state index in [9.17, 15) is 4.79 Å². The summed E-state index contributed by atoms with van der Waals surface area (Å²) in [5.74, 6) is -0.947. The van der Waals surface area contributed by atoms with Crippen LogP contribution in [0, 0.1) is 0 Å². The number of aliphatic carboxylic acids is 1. The Morgan fingerprint density at radius 1 is 1.47 bits per heavy atom. The minimum atomic E-state index is -0.947. The molecular weight excluding hydrogens is 198 g/mol. The highest BCUT2D eigenvalue weighted by atomic mass is 16.4. The second-order valence-electron chi connectivity index (χ2n) is 3.13. The van der Waals surface area contributed by atoms with Crippen molar-refractivity contribution in [3.05, 3.63) is 11.4 Å². The lowest BCUT2D eigenvalue weighted by molar-refractivity contribution is -0.137. The van der Waals surface area contributed by atoms with Crippen LogP contribution < -0.4 is 11.5 Å². The molecule has 1 aromatic rings. The highest BCUT2D eigenvalue weighted by molar-refractivity contribution is 5.66. The van der Waals surface area contributed by atoms with Gasteiger partial charge in [-0.25, -0.2) is 4.68 Å². The molecule has 0 radical (unpaired) electrons. The number of carbonyl (C=O) groups is 1. The number of carboxylic acid groups (broad SMARTS) is 1. The van der Waals surface area contributed by atoms with Crippen LogP contribution in [0.4, 0.5) is 0 Å². The number of carboxylic acids is 1. The lowest BCUT2D eigenvalue weighted by Crippen LogP contribution is -2.15. The fraction of sp³-hybridized carbons (Fsp3) is 0.625. The van der Waals surface area contributed by atoms with Crippen molar-refractivity contribution >= 4 is 5.97 Å². The van der Waals surface area contributed by atoms with Crippen molar-refractivity contribution in [2.24, 2.45) is 11.5 Å². The molecule has 0 saturated heterocycles. The predicted octanol–water partition coefficient (Wildman–Crippen LogP) is -1.29. The van der Waals surface area contributed by atoms with Crippen LogP contribution in [0.3, 0.4) is 0 Å². The molecule has 0 amide bonds. The second kappa shape index (κ2) is 5.42. The zero-order valence-electron chi connectivity index (χ0n) is 8.39. The molecule has 1 rings (SSSR count). The second-order valence-corrected chi connectivity index (χ2v) is 3.13. The Bertz CT molecular complexity index is 336. The molecule has 0 saturated carbocycles. The maximum absolute atomic E-state index is 10.5. The molecule has 0 aromatic carbocycles. The van der Waals surface area contributed by atoms with Crippen molar-refractivity contribution in [1.82, 2.24) is 15.0 Å². The molecule has 84 valence electrons. The SMILES string of the molecule is NCCCc1c(CN)nnn1CC(=O)O. The van der Waals surface area contributed by atoms with E-state index in [0.29, 0.717) is 18.7 Å². The Hall–Kier alpha value is -1.47. The first kappa shape index (κ1) is 11.6. The normalized spacial score (nSPS) is 10.5. The summed E-state index contributed by atoms with van der Waals surface area (Å²) >= 11 is 0. The zero-order chi connectivity index (χ0) is 11.3. The van der Waals surface area contributed by atoms with Gasteiger partial charge in [0.15, 0.2) is 0 Å². The number of nitrogens with two attached hydrogens (primary N) is 2. The van der Waals surface area contributed by atoms with Gasteiger partial charge in [0, 0.05) is 6.54 Å². The Balaban J connectivity index is 2.84. The maximum atomic E-state index is 10.5. The van der Waals surface area contributed by atoms with E-state index in [-0.39, 0.29) is 13.1 Å². The molecule has 0 spiro atoms. The average Bonchev–Trinajstić information content (AvgIpc) is 2.56. The Kier molecular flexibility index (Phi) is 4.19. The average molecular weight is 213 g/mol. The number of nitrogens with zero attached hydrogens (tertiary/aromatic N) is 3. The van der Waals surface area contributed by atoms with Crippen LogP contribution in [0.2, 0.25) is 0 Å². The van der Waals surface area contributed by atoms with Crippen LogP contribution >= 0.6 is 0 Å². The Morgan fingerprint density at radius 3 is 2.73 bits per heavy atom. The standard InChI is InChI=1S/C8H15N5O2/c9-3-1-2-7-6(4-10)11-12-13(7)5-8(14)15/h1-5,9-10H2,(H,14,15). The number of rotatable bonds is 6. The molecule has 5 N–H and O–H groups in total. The molecule has 7 heteroatoms.